The molecule has 2 rings (SSSR count). The summed E-state index contributed by atoms with van der Waals surface area (Å²) in [7, 11) is 0. The summed E-state index contributed by atoms with van der Waals surface area (Å²) in [5.74, 6) is -1.87. The first kappa shape index (κ1) is 15.5. The average Bonchev–Trinajstić information content (AvgIpc) is 2.71. The van der Waals surface area contributed by atoms with E-state index in [1.807, 2.05) is 0 Å². The molecule has 9 heteroatoms. The van der Waals surface area contributed by atoms with E-state index in [0.717, 1.165) is 8.26 Å². The van der Waals surface area contributed by atoms with Crippen LogP contribution in [0.15, 0.2) is 14.3 Å². The number of carbonyl (C=O) groups is 3. The zero-order chi connectivity index (χ0) is 14.9. The van der Waals surface area contributed by atoms with E-state index in [1.54, 1.807) is 6.07 Å². The molecule has 6 nitrogen and oxygen atoms in total. The van der Waals surface area contributed by atoms with Crippen molar-refractivity contribution in [2.24, 2.45) is 0 Å². The minimum Gasteiger partial charge on any atom is -0.481 e. The van der Waals surface area contributed by atoms with E-state index in [1.165, 1.54) is 16.2 Å². The summed E-state index contributed by atoms with van der Waals surface area (Å²) < 4.78 is 1.53. The lowest BCUT2D eigenvalue weighted by atomic mass is 10.1. The standard InChI is InChI=1S/C11H10Br2N2O4S/c12-5-3-7(20-9(5)13)11(19)15-2-1-14-10(18)6(15)4-8(16)17/h3,6H,1-2,4H2,(H,14,18)(H,16,17). The molecule has 1 atom stereocenters. The number of piperazine rings is 1. The molecule has 0 aromatic carbocycles. The Balaban J connectivity index is 2.25. The number of rotatable bonds is 3. The number of halogens is 2. The molecule has 1 saturated heterocycles. The van der Waals surface area contributed by atoms with Crippen molar-refractivity contribution in [2.45, 2.75) is 12.5 Å². The third-order valence-electron chi connectivity index (χ3n) is 2.82. The molecule has 1 aromatic rings. The van der Waals surface area contributed by atoms with Gasteiger partial charge in [0, 0.05) is 17.6 Å². The minimum atomic E-state index is -1.11. The van der Waals surface area contributed by atoms with Gasteiger partial charge in [-0.1, -0.05) is 0 Å². The first-order valence-electron chi connectivity index (χ1n) is 5.65. The summed E-state index contributed by atoms with van der Waals surface area (Å²) in [6.07, 6.45) is -0.398. The Kier molecular flexibility index (Phi) is 4.82. The van der Waals surface area contributed by atoms with Gasteiger partial charge in [-0.15, -0.1) is 11.3 Å². The van der Waals surface area contributed by atoms with Gasteiger partial charge >= 0.3 is 5.97 Å². The Morgan fingerprint density at radius 2 is 2.20 bits per heavy atom. The van der Waals surface area contributed by atoms with Gasteiger partial charge in [0.05, 0.1) is 15.1 Å². The van der Waals surface area contributed by atoms with Crippen LogP contribution >= 0.6 is 43.2 Å². The summed E-state index contributed by atoms with van der Waals surface area (Å²) in [5.41, 5.74) is 0. The van der Waals surface area contributed by atoms with Crippen LogP contribution in [0.25, 0.3) is 0 Å². The maximum Gasteiger partial charge on any atom is 0.305 e. The average molecular weight is 426 g/mol. The van der Waals surface area contributed by atoms with Crippen molar-refractivity contribution in [2.75, 3.05) is 13.1 Å². The minimum absolute atomic E-state index is 0.301. The van der Waals surface area contributed by atoms with Crippen molar-refractivity contribution in [1.29, 1.82) is 0 Å². The van der Waals surface area contributed by atoms with Crippen molar-refractivity contribution in [1.82, 2.24) is 10.2 Å². The Labute approximate surface area is 135 Å². The lowest BCUT2D eigenvalue weighted by molar-refractivity contribution is -0.142. The van der Waals surface area contributed by atoms with Crippen LogP contribution in [0.2, 0.25) is 0 Å². The second kappa shape index (κ2) is 6.23. The molecule has 0 radical (unpaired) electrons. The number of hydrogen-bond acceptors (Lipinski definition) is 4. The van der Waals surface area contributed by atoms with E-state index in [-0.39, 0.29) is 5.91 Å². The van der Waals surface area contributed by atoms with E-state index in [2.05, 4.69) is 37.2 Å². The molecule has 20 heavy (non-hydrogen) atoms. The second-order valence-electron chi connectivity index (χ2n) is 4.14. The number of aliphatic carboxylic acids is 1. The van der Waals surface area contributed by atoms with E-state index in [0.29, 0.717) is 18.0 Å². The van der Waals surface area contributed by atoms with Crippen LogP contribution in [0.5, 0.6) is 0 Å². The predicted octanol–water partition coefficient (Wildman–Crippen LogP) is 1.69. The molecule has 2 heterocycles. The Bertz CT molecular complexity index is 555. The quantitative estimate of drug-likeness (QED) is 0.771. The number of carboxylic acids is 1. The third-order valence-corrected chi connectivity index (χ3v) is 6.06. The van der Waals surface area contributed by atoms with Gasteiger partial charge in [0.2, 0.25) is 5.91 Å². The largest absolute Gasteiger partial charge is 0.481 e. The zero-order valence-electron chi connectivity index (χ0n) is 10.1. The summed E-state index contributed by atoms with van der Waals surface area (Å²) in [6, 6.07) is 0.690. The molecule has 2 N–H and O–H groups in total. The molecule has 0 spiro atoms. The number of carbonyl (C=O) groups excluding carboxylic acids is 2. The maximum absolute atomic E-state index is 12.4. The van der Waals surface area contributed by atoms with Crippen LogP contribution in [0, 0.1) is 0 Å². The Morgan fingerprint density at radius 1 is 1.50 bits per heavy atom. The predicted molar refractivity (Wildman–Crippen MR) is 79.8 cm³/mol. The number of amides is 2. The summed E-state index contributed by atoms with van der Waals surface area (Å²) >= 11 is 7.84. The van der Waals surface area contributed by atoms with E-state index < -0.39 is 24.3 Å². The Morgan fingerprint density at radius 3 is 2.75 bits per heavy atom. The molecule has 1 aromatic heterocycles. The van der Waals surface area contributed by atoms with Gasteiger partial charge < -0.3 is 15.3 Å². The van der Waals surface area contributed by atoms with E-state index in [9.17, 15) is 14.4 Å². The molecule has 1 aliphatic heterocycles. The van der Waals surface area contributed by atoms with Gasteiger partial charge in [-0.3, -0.25) is 14.4 Å². The molecular formula is C11H10Br2N2O4S. The highest BCUT2D eigenvalue weighted by atomic mass is 79.9. The monoisotopic (exact) mass is 424 g/mol. The number of hydrogen-bond donors (Lipinski definition) is 2. The topological polar surface area (TPSA) is 86.7 Å². The SMILES string of the molecule is O=C(O)CC1C(=O)NCCN1C(=O)c1cc(Br)c(Br)s1. The van der Waals surface area contributed by atoms with Crippen LogP contribution in [0.1, 0.15) is 16.1 Å². The van der Waals surface area contributed by atoms with Crippen LogP contribution in [0.4, 0.5) is 0 Å². The fourth-order valence-corrected chi connectivity index (χ4v) is 3.91. The van der Waals surface area contributed by atoms with Gasteiger partial charge in [-0.05, 0) is 37.9 Å². The van der Waals surface area contributed by atoms with Crippen LogP contribution in [-0.2, 0) is 9.59 Å². The van der Waals surface area contributed by atoms with Crippen molar-refractivity contribution >= 4 is 61.0 Å². The van der Waals surface area contributed by atoms with Crippen molar-refractivity contribution in [3.05, 3.63) is 19.2 Å². The lowest BCUT2D eigenvalue weighted by Gasteiger charge is -2.33. The molecule has 0 saturated carbocycles. The molecule has 0 bridgehead atoms. The number of nitrogens with one attached hydrogen (secondary N) is 1. The fraction of sp³-hybridized carbons (Fsp3) is 0.364. The van der Waals surface area contributed by atoms with Gasteiger partial charge in [-0.25, -0.2) is 0 Å². The zero-order valence-corrected chi connectivity index (χ0v) is 14.0. The smallest absolute Gasteiger partial charge is 0.305 e. The molecule has 108 valence electrons. The van der Waals surface area contributed by atoms with Gasteiger partial charge in [-0.2, -0.15) is 0 Å². The summed E-state index contributed by atoms with van der Waals surface area (Å²) in [6.45, 7) is 0.629. The molecule has 1 fully saturated rings. The van der Waals surface area contributed by atoms with Gasteiger partial charge in [0.1, 0.15) is 6.04 Å². The van der Waals surface area contributed by atoms with E-state index >= 15 is 0 Å². The second-order valence-corrected chi connectivity index (χ2v) is 7.36. The van der Waals surface area contributed by atoms with Crippen LogP contribution in [-0.4, -0.2) is 46.9 Å². The molecule has 0 aliphatic carbocycles. The van der Waals surface area contributed by atoms with Crippen molar-refractivity contribution < 1.29 is 19.5 Å². The maximum atomic E-state index is 12.4. The van der Waals surface area contributed by atoms with Gasteiger partial charge in [0.25, 0.3) is 5.91 Å². The Hall–Kier alpha value is -0.930. The lowest BCUT2D eigenvalue weighted by Crippen LogP contribution is -2.57. The summed E-state index contributed by atoms with van der Waals surface area (Å²) in [5, 5.41) is 11.5. The number of carboxylic acid groups (broad SMARTS) is 1. The van der Waals surface area contributed by atoms with Crippen LogP contribution < -0.4 is 5.32 Å². The van der Waals surface area contributed by atoms with Gasteiger partial charge in [0.15, 0.2) is 0 Å². The first-order chi connectivity index (χ1) is 9.40. The molecular weight excluding hydrogens is 416 g/mol. The van der Waals surface area contributed by atoms with Crippen molar-refractivity contribution in [3.8, 4) is 0 Å². The van der Waals surface area contributed by atoms with Crippen molar-refractivity contribution in [3.63, 3.8) is 0 Å². The molecule has 2 amide bonds. The first-order valence-corrected chi connectivity index (χ1v) is 8.05. The molecule has 1 aliphatic rings. The highest BCUT2D eigenvalue weighted by Gasteiger charge is 2.35. The highest BCUT2D eigenvalue weighted by molar-refractivity contribution is 9.13. The number of nitrogens with zero attached hydrogens (tertiary/aromatic N) is 1. The summed E-state index contributed by atoms with van der Waals surface area (Å²) in [4.78, 5) is 36.8. The fourth-order valence-electron chi connectivity index (χ4n) is 1.92. The van der Waals surface area contributed by atoms with Crippen LogP contribution in [0.3, 0.4) is 0 Å². The number of thiophene rings is 1. The highest BCUT2D eigenvalue weighted by Crippen LogP contribution is 2.33. The third kappa shape index (κ3) is 3.21. The van der Waals surface area contributed by atoms with E-state index in [4.69, 9.17) is 5.11 Å². The normalized spacial score (nSPS) is 18.8. The molecule has 1 unspecified atom stereocenters.